The molecule has 0 unspecified atom stereocenters. The van der Waals surface area contributed by atoms with E-state index in [4.69, 9.17) is 9.47 Å². The molecule has 0 aliphatic heterocycles. The molecule has 0 aliphatic rings. The number of nitrogens with one attached hydrogen (secondary N) is 1. The van der Waals surface area contributed by atoms with Gasteiger partial charge in [0.2, 0.25) is 5.82 Å². The van der Waals surface area contributed by atoms with Gasteiger partial charge in [-0.25, -0.2) is 14.1 Å². The van der Waals surface area contributed by atoms with Crippen LogP contribution in [0, 0.1) is 5.82 Å². The number of nitrogens with zero attached hydrogens (tertiary/aromatic N) is 3. The molecular weight excluding hydrogens is 399 g/mol. The highest BCUT2D eigenvalue weighted by Gasteiger charge is 2.19. The molecule has 0 bridgehead atoms. The Balaban J connectivity index is 1.70. The number of amides is 1. The van der Waals surface area contributed by atoms with Crippen LogP contribution in [0.15, 0.2) is 72.8 Å². The van der Waals surface area contributed by atoms with Crippen molar-refractivity contribution in [3.05, 3.63) is 84.4 Å². The summed E-state index contributed by atoms with van der Waals surface area (Å²) in [6.45, 7) is 0. The maximum absolute atomic E-state index is 13.4. The van der Waals surface area contributed by atoms with Crippen LogP contribution < -0.4 is 14.8 Å². The molecule has 0 saturated heterocycles. The largest absolute Gasteiger partial charge is 0.497 e. The SMILES string of the molecule is COc1ccc(NC(=O)c2nc(-c3ccc(F)cc3)n(-c3ccc(OC)cc3)n2)cc1. The van der Waals surface area contributed by atoms with Crippen LogP contribution in [0.1, 0.15) is 10.6 Å². The van der Waals surface area contributed by atoms with Gasteiger partial charge in [-0.05, 0) is 72.8 Å². The van der Waals surface area contributed by atoms with Crippen molar-refractivity contribution in [2.45, 2.75) is 0 Å². The highest BCUT2D eigenvalue weighted by Crippen LogP contribution is 2.24. The Morgan fingerprint density at radius 2 is 1.45 bits per heavy atom. The Kier molecular flexibility index (Phi) is 5.61. The van der Waals surface area contributed by atoms with E-state index in [-0.39, 0.29) is 11.6 Å². The Morgan fingerprint density at radius 3 is 2.03 bits per heavy atom. The van der Waals surface area contributed by atoms with E-state index in [1.807, 2.05) is 0 Å². The lowest BCUT2D eigenvalue weighted by Crippen LogP contribution is -2.14. The normalized spacial score (nSPS) is 10.5. The van der Waals surface area contributed by atoms with E-state index in [0.717, 1.165) is 0 Å². The number of benzene rings is 3. The molecule has 0 fully saturated rings. The predicted molar refractivity (Wildman–Crippen MR) is 114 cm³/mol. The summed E-state index contributed by atoms with van der Waals surface area (Å²) in [5.41, 5.74) is 1.87. The predicted octanol–water partition coefficient (Wildman–Crippen LogP) is 4.34. The summed E-state index contributed by atoms with van der Waals surface area (Å²) >= 11 is 0. The van der Waals surface area contributed by atoms with Crippen LogP contribution in [0.25, 0.3) is 17.1 Å². The van der Waals surface area contributed by atoms with Crippen molar-refractivity contribution >= 4 is 11.6 Å². The van der Waals surface area contributed by atoms with Crippen molar-refractivity contribution in [3.63, 3.8) is 0 Å². The fourth-order valence-electron chi connectivity index (χ4n) is 2.96. The third kappa shape index (κ3) is 4.37. The van der Waals surface area contributed by atoms with Gasteiger partial charge in [0.1, 0.15) is 17.3 Å². The quantitative estimate of drug-likeness (QED) is 0.504. The molecule has 1 aromatic heterocycles. The summed E-state index contributed by atoms with van der Waals surface area (Å²) in [5.74, 6) is 0.914. The first-order valence-corrected chi connectivity index (χ1v) is 9.40. The Hall–Kier alpha value is -4.20. The number of rotatable bonds is 6. The smallest absolute Gasteiger partial charge is 0.295 e. The van der Waals surface area contributed by atoms with Crippen LogP contribution in [0.5, 0.6) is 11.5 Å². The first-order valence-electron chi connectivity index (χ1n) is 9.40. The molecule has 1 amide bonds. The maximum Gasteiger partial charge on any atom is 0.295 e. The van der Waals surface area contributed by atoms with Crippen LogP contribution in [0.2, 0.25) is 0 Å². The Labute approximate surface area is 178 Å². The summed E-state index contributed by atoms with van der Waals surface area (Å²) < 4.78 is 25.3. The van der Waals surface area contributed by atoms with E-state index in [1.54, 1.807) is 74.9 Å². The number of carbonyl (C=O) groups is 1. The number of halogens is 1. The minimum atomic E-state index is -0.471. The second-order valence-corrected chi connectivity index (χ2v) is 6.56. The van der Waals surface area contributed by atoms with Crippen LogP contribution >= 0.6 is 0 Å². The number of hydrogen-bond donors (Lipinski definition) is 1. The number of aromatic nitrogens is 3. The van der Waals surface area contributed by atoms with Crippen molar-refractivity contribution in [1.29, 1.82) is 0 Å². The van der Waals surface area contributed by atoms with Crippen molar-refractivity contribution in [1.82, 2.24) is 14.8 Å². The van der Waals surface area contributed by atoms with Crippen LogP contribution in [-0.4, -0.2) is 34.9 Å². The van der Waals surface area contributed by atoms with E-state index < -0.39 is 5.91 Å². The maximum atomic E-state index is 13.4. The molecule has 0 saturated carbocycles. The van der Waals surface area contributed by atoms with E-state index in [1.165, 1.54) is 16.8 Å². The summed E-state index contributed by atoms with van der Waals surface area (Å²) in [6.07, 6.45) is 0. The van der Waals surface area contributed by atoms with Crippen molar-refractivity contribution < 1.29 is 18.7 Å². The number of hydrogen-bond acceptors (Lipinski definition) is 5. The second-order valence-electron chi connectivity index (χ2n) is 6.56. The molecule has 7 nitrogen and oxygen atoms in total. The first-order chi connectivity index (χ1) is 15.1. The van der Waals surface area contributed by atoms with Gasteiger partial charge in [-0.15, -0.1) is 5.10 Å². The Morgan fingerprint density at radius 1 is 0.871 bits per heavy atom. The summed E-state index contributed by atoms with van der Waals surface area (Å²) in [4.78, 5) is 17.2. The third-order valence-corrected chi connectivity index (χ3v) is 4.58. The zero-order valence-corrected chi connectivity index (χ0v) is 16.9. The monoisotopic (exact) mass is 418 g/mol. The summed E-state index contributed by atoms with van der Waals surface area (Å²) in [5, 5.41) is 7.17. The van der Waals surface area contributed by atoms with Crippen molar-refractivity contribution in [3.8, 4) is 28.6 Å². The minimum Gasteiger partial charge on any atom is -0.497 e. The van der Waals surface area contributed by atoms with E-state index in [0.29, 0.717) is 34.3 Å². The van der Waals surface area contributed by atoms with Crippen LogP contribution in [0.3, 0.4) is 0 Å². The van der Waals surface area contributed by atoms with Crippen LogP contribution in [0.4, 0.5) is 10.1 Å². The molecule has 1 N–H and O–H groups in total. The third-order valence-electron chi connectivity index (χ3n) is 4.58. The number of methoxy groups -OCH3 is 2. The molecule has 0 radical (unpaired) electrons. The van der Waals surface area contributed by atoms with Crippen LogP contribution in [-0.2, 0) is 0 Å². The highest BCUT2D eigenvalue weighted by atomic mass is 19.1. The fraction of sp³-hybridized carbons (Fsp3) is 0.0870. The molecule has 31 heavy (non-hydrogen) atoms. The van der Waals surface area contributed by atoms with E-state index in [9.17, 15) is 9.18 Å². The molecule has 0 spiro atoms. The number of ether oxygens (including phenoxy) is 2. The van der Waals surface area contributed by atoms with Gasteiger partial charge in [0.25, 0.3) is 5.91 Å². The molecule has 0 atom stereocenters. The van der Waals surface area contributed by atoms with Gasteiger partial charge in [-0.1, -0.05) is 0 Å². The van der Waals surface area contributed by atoms with Gasteiger partial charge in [-0.2, -0.15) is 0 Å². The van der Waals surface area contributed by atoms with Gasteiger partial charge in [0.05, 0.1) is 19.9 Å². The highest BCUT2D eigenvalue weighted by molar-refractivity contribution is 6.01. The van der Waals surface area contributed by atoms with E-state index in [2.05, 4.69) is 15.4 Å². The van der Waals surface area contributed by atoms with Crippen molar-refractivity contribution in [2.24, 2.45) is 0 Å². The molecule has 156 valence electrons. The lowest BCUT2D eigenvalue weighted by molar-refractivity contribution is 0.101. The molecule has 1 heterocycles. The average molecular weight is 418 g/mol. The van der Waals surface area contributed by atoms with Gasteiger partial charge >= 0.3 is 0 Å². The summed E-state index contributed by atoms with van der Waals surface area (Å²) in [7, 11) is 3.15. The molecule has 4 rings (SSSR count). The zero-order valence-electron chi connectivity index (χ0n) is 16.9. The molecule has 3 aromatic carbocycles. The molecule has 8 heteroatoms. The fourth-order valence-corrected chi connectivity index (χ4v) is 2.96. The number of anilines is 1. The first kappa shape index (κ1) is 20.1. The second kappa shape index (κ2) is 8.66. The lowest BCUT2D eigenvalue weighted by Gasteiger charge is -2.07. The van der Waals surface area contributed by atoms with Gasteiger partial charge in [0, 0.05) is 11.3 Å². The minimum absolute atomic E-state index is 0.0223. The molecule has 4 aromatic rings. The van der Waals surface area contributed by atoms with Gasteiger partial charge in [-0.3, -0.25) is 4.79 Å². The Bertz CT molecular complexity index is 1190. The van der Waals surface area contributed by atoms with E-state index >= 15 is 0 Å². The summed E-state index contributed by atoms with van der Waals surface area (Å²) in [6, 6.07) is 19.9. The molecule has 0 aliphatic carbocycles. The van der Waals surface area contributed by atoms with Crippen molar-refractivity contribution in [2.75, 3.05) is 19.5 Å². The zero-order chi connectivity index (χ0) is 21.8. The standard InChI is InChI=1S/C23H19FN4O3/c1-30-19-11-7-17(8-12-19)25-23(29)21-26-22(15-3-5-16(24)6-4-15)28(27-21)18-9-13-20(31-2)14-10-18/h3-14H,1-2H3,(H,25,29). The average Bonchev–Trinajstić information content (AvgIpc) is 3.26. The van der Waals surface area contributed by atoms with Gasteiger partial charge < -0.3 is 14.8 Å². The number of carbonyl (C=O) groups excluding carboxylic acids is 1. The van der Waals surface area contributed by atoms with Gasteiger partial charge in [0.15, 0.2) is 5.82 Å². The topological polar surface area (TPSA) is 78.3 Å². The lowest BCUT2D eigenvalue weighted by atomic mass is 10.2. The molecular formula is C23H19FN4O3.